The Morgan fingerprint density at radius 3 is 2.42 bits per heavy atom. The van der Waals surface area contributed by atoms with E-state index in [9.17, 15) is 0 Å². The molecule has 0 heterocycles. The van der Waals surface area contributed by atoms with Crippen LogP contribution in [0.15, 0.2) is 238 Å². The molecule has 0 aromatic heterocycles. The molecule has 3 atom stereocenters. The third-order valence-corrected chi connectivity index (χ3v) is 13.5. The zero-order chi connectivity index (χ0) is 39.3. The quantitative estimate of drug-likeness (QED) is 0.225. The van der Waals surface area contributed by atoms with Crippen LogP contribution in [0.3, 0.4) is 0 Å². The van der Waals surface area contributed by atoms with Crippen molar-refractivity contribution >= 4 is 23.3 Å². The smallest absolute Gasteiger partial charge is 0.0211 e. The first-order valence-electron chi connectivity index (χ1n) is 21.6. The second kappa shape index (κ2) is 14.7. The average Bonchev–Trinajstić information content (AvgIpc) is 4.18. The van der Waals surface area contributed by atoms with Crippen molar-refractivity contribution in [2.24, 2.45) is 17.3 Å². The van der Waals surface area contributed by atoms with Gasteiger partial charge in [-0.15, -0.1) is 0 Å². The molecule has 11 rings (SSSR count). The van der Waals surface area contributed by atoms with E-state index in [4.69, 9.17) is 0 Å². The van der Waals surface area contributed by atoms with E-state index >= 15 is 0 Å². The molecular weight excluding hydrogens is 709 g/mol. The van der Waals surface area contributed by atoms with E-state index in [0.29, 0.717) is 11.8 Å². The topological polar surface area (TPSA) is 0 Å². The van der Waals surface area contributed by atoms with Crippen molar-refractivity contribution in [1.29, 1.82) is 0 Å². The Morgan fingerprint density at radius 1 is 0.661 bits per heavy atom. The van der Waals surface area contributed by atoms with Crippen LogP contribution in [-0.4, -0.2) is 0 Å². The van der Waals surface area contributed by atoms with Gasteiger partial charge in [0.1, 0.15) is 0 Å². The zero-order valence-electron chi connectivity index (χ0n) is 33.7. The van der Waals surface area contributed by atoms with Crippen molar-refractivity contribution in [2.45, 2.75) is 39.0 Å². The van der Waals surface area contributed by atoms with Gasteiger partial charge < -0.3 is 0 Å². The molecule has 3 aromatic carbocycles. The summed E-state index contributed by atoms with van der Waals surface area (Å²) in [6.07, 6.45) is 54.4. The van der Waals surface area contributed by atoms with Crippen molar-refractivity contribution in [1.82, 2.24) is 0 Å². The molecule has 0 heteroatoms. The minimum absolute atomic E-state index is 0.107. The van der Waals surface area contributed by atoms with Crippen LogP contribution in [0.2, 0.25) is 0 Å². The highest BCUT2D eigenvalue weighted by molar-refractivity contribution is 5.92. The molecular formula is C59H48. The summed E-state index contributed by atoms with van der Waals surface area (Å²) in [6, 6.07) is 27.0. The Labute approximate surface area is 349 Å². The van der Waals surface area contributed by atoms with E-state index in [1.807, 2.05) is 0 Å². The van der Waals surface area contributed by atoms with Crippen LogP contribution < -0.4 is 0 Å². The molecule has 0 bridgehead atoms. The van der Waals surface area contributed by atoms with Crippen LogP contribution in [0.1, 0.15) is 61.3 Å². The van der Waals surface area contributed by atoms with Crippen LogP contribution >= 0.6 is 0 Å². The van der Waals surface area contributed by atoms with Crippen LogP contribution in [0.25, 0.3) is 34.4 Å². The lowest BCUT2D eigenvalue weighted by molar-refractivity contribution is 0.733. The summed E-state index contributed by atoms with van der Waals surface area (Å²) in [7, 11) is 0. The first-order valence-corrected chi connectivity index (χ1v) is 21.6. The van der Waals surface area contributed by atoms with Crippen LogP contribution in [0.5, 0.6) is 0 Å². The molecule has 59 heavy (non-hydrogen) atoms. The highest BCUT2D eigenvalue weighted by Crippen LogP contribution is 2.66. The van der Waals surface area contributed by atoms with Crippen molar-refractivity contribution in [3.8, 4) is 11.1 Å². The minimum atomic E-state index is 0.107. The molecule has 0 aliphatic heterocycles. The van der Waals surface area contributed by atoms with E-state index in [-0.39, 0.29) is 5.41 Å². The second-order valence-corrected chi connectivity index (χ2v) is 17.0. The van der Waals surface area contributed by atoms with Gasteiger partial charge in [0, 0.05) is 11.3 Å². The molecule has 3 aromatic rings. The number of fused-ring (bicyclic) bond motifs is 2. The molecule has 2 fully saturated rings. The lowest BCUT2D eigenvalue weighted by Crippen LogP contribution is -2.14. The Kier molecular flexibility index (Phi) is 8.89. The predicted molar refractivity (Wildman–Crippen MR) is 251 cm³/mol. The number of hydrogen-bond acceptors (Lipinski definition) is 0. The van der Waals surface area contributed by atoms with Gasteiger partial charge in [-0.2, -0.15) is 0 Å². The Morgan fingerprint density at radius 2 is 1.53 bits per heavy atom. The SMILES string of the molecule is CCC1=C(C2=CC=C(C3=C4C=CC=CC45CC5C=C3c3ccc(-c4cccc5c4C=C4CC4C=C5)cc3)C=CC2)/C=C(c2ccccc2)\C=C\C=C\1C1=CCC=CC=C1. The van der Waals surface area contributed by atoms with Crippen molar-refractivity contribution in [3.05, 3.63) is 261 Å². The van der Waals surface area contributed by atoms with Crippen LogP contribution in [-0.2, 0) is 0 Å². The third kappa shape index (κ3) is 6.48. The van der Waals surface area contributed by atoms with Gasteiger partial charge in [-0.25, -0.2) is 0 Å². The normalized spacial score (nSPS) is 28.2. The molecule has 284 valence electrons. The summed E-state index contributed by atoms with van der Waals surface area (Å²) >= 11 is 0. The fourth-order valence-corrected chi connectivity index (χ4v) is 10.2. The lowest BCUT2D eigenvalue weighted by Gasteiger charge is -2.28. The third-order valence-electron chi connectivity index (χ3n) is 13.5. The van der Waals surface area contributed by atoms with Crippen molar-refractivity contribution in [2.75, 3.05) is 0 Å². The summed E-state index contributed by atoms with van der Waals surface area (Å²) in [5.41, 5.74) is 22.8. The maximum atomic E-state index is 2.59. The highest BCUT2D eigenvalue weighted by atomic mass is 14.6. The van der Waals surface area contributed by atoms with E-state index in [2.05, 4.69) is 207 Å². The van der Waals surface area contributed by atoms with Crippen molar-refractivity contribution < 1.29 is 0 Å². The molecule has 0 nitrogen and oxygen atoms in total. The summed E-state index contributed by atoms with van der Waals surface area (Å²) in [5.74, 6) is 1.16. The van der Waals surface area contributed by atoms with Gasteiger partial charge in [0.25, 0.3) is 0 Å². The molecule has 0 radical (unpaired) electrons. The standard InChI is InChI=1S/C59H48/c1-2-51-52(41-17-6-3-4-7-18-41)23-14-22-47(40-15-8-5-9-16-40)36-54(51)42-19-12-21-46(32-30-42)58-56(38-50-39-59(50)34-11-10-25-57(58)59)45-28-26-44(27-29-45)53-24-13-20-43-31-33-48-35-49(48)37-55(43)53/h3-6,8-18,20-34,36-38,48,50H,2,7,19,35,39H2,1H3/b22-14+,23-14?,47-22?,47-36+,52-23+,52-51?,54-36?,54-51+. The van der Waals surface area contributed by atoms with Crippen molar-refractivity contribution in [3.63, 3.8) is 0 Å². The van der Waals surface area contributed by atoms with Gasteiger partial charge in [-0.05, 0) is 133 Å². The maximum Gasteiger partial charge on any atom is 0.0211 e. The maximum absolute atomic E-state index is 2.59. The molecule has 3 unspecified atom stereocenters. The predicted octanol–water partition coefficient (Wildman–Crippen LogP) is 15.2. The summed E-state index contributed by atoms with van der Waals surface area (Å²) in [4.78, 5) is 0. The first kappa shape index (κ1) is 35.6. The summed E-state index contributed by atoms with van der Waals surface area (Å²) in [6.45, 7) is 2.31. The Bertz CT molecular complexity index is 2810. The van der Waals surface area contributed by atoms with Gasteiger partial charge in [0.05, 0.1) is 0 Å². The van der Waals surface area contributed by atoms with E-state index in [1.165, 1.54) is 102 Å². The van der Waals surface area contributed by atoms with E-state index < -0.39 is 0 Å². The van der Waals surface area contributed by atoms with Gasteiger partial charge >= 0.3 is 0 Å². The van der Waals surface area contributed by atoms with Gasteiger partial charge in [0.15, 0.2) is 0 Å². The molecule has 0 saturated heterocycles. The Hall–Kier alpha value is -6.50. The molecule has 0 N–H and O–H groups in total. The number of benzene rings is 3. The lowest BCUT2D eigenvalue weighted by atomic mass is 9.75. The molecule has 8 aliphatic rings. The van der Waals surface area contributed by atoms with Gasteiger partial charge in [-0.3, -0.25) is 0 Å². The molecule has 8 aliphatic carbocycles. The second-order valence-electron chi connectivity index (χ2n) is 17.0. The molecule has 2 saturated carbocycles. The Balaban J connectivity index is 1.01. The van der Waals surface area contributed by atoms with Crippen LogP contribution in [0.4, 0.5) is 0 Å². The fraction of sp³-hybridized carbons (Fsp3) is 0.153. The van der Waals surface area contributed by atoms with E-state index in [1.54, 1.807) is 5.57 Å². The average molecular weight is 757 g/mol. The monoisotopic (exact) mass is 756 g/mol. The largest absolute Gasteiger partial charge is 0.0807 e. The molecule has 0 amide bonds. The summed E-state index contributed by atoms with van der Waals surface area (Å²) in [5, 5.41) is 0. The zero-order valence-corrected chi connectivity index (χ0v) is 33.7. The van der Waals surface area contributed by atoms with Gasteiger partial charge in [0.2, 0.25) is 0 Å². The molecule has 1 spiro atoms. The van der Waals surface area contributed by atoms with Crippen LogP contribution in [0, 0.1) is 17.3 Å². The number of hydrogen-bond donors (Lipinski definition) is 0. The fourth-order valence-electron chi connectivity index (χ4n) is 10.2. The first-order chi connectivity index (χ1) is 29.2. The van der Waals surface area contributed by atoms with E-state index in [0.717, 1.165) is 19.3 Å². The number of allylic oxidation sites excluding steroid dienone is 30. The summed E-state index contributed by atoms with van der Waals surface area (Å²) < 4.78 is 0. The van der Waals surface area contributed by atoms with Gasteiger partial charge in [-0.1, -0.05) is 207 Å². The minimum Gasteiger partial charge on any atom is -0.0807 e. The number of rotatable bonds is 7. The highest BCUT2D eigenvalue weighted by Gasteiger charge is 2.56.